The molecule has 0 bridgehead atoms. The molecule has 0 aliphatic carbocycles. The van der Waals surface area contributed by atoms with Gasteiger partial charge in [0.05, 0.1) is 9.85 Å². The summed E-state index contributed by atoms with van der Waals surface area (Å²) < 4.78 is 0. The maximum Gasteiger partial charge on any atom is 0.270 e. The highest BCUT2D eigenvalue weighted by Gasteiger charge is 2.19. The van der Waals surface area contributed by atoms with E-state index < -0.39 is 9.85 Å². The maximum absolute atomic E-state index is 12.2. The van der Waals surface area contributed by atoms with Crippen LogP contribution in [0.3, 0.4) is 0 Å². The first kappa shape index (κ1) is 19.6. The summed E-state index contributed by atoms with van der Waals surface area (Å²) in [6, 6.07) is 15.7. The fourth-order valence-electron chi connectivity index (χ4n) is 2.89. The molecule has 3 aromatic rings. The van der Waals surface area contributed by atoms with Crippen LogP contribution in [0.15, 0.2) is 66.7 Å². The predicted octanol–water partition coefficient (Wildman–Crippen LogP) is 5.00. The first-order valence-electron chi connectivity index (χ1n) is 8.54. The molecule has 29 heavy (non-hydrogen) atoms. The van der Waals surface area contributed by atoms with Crippen molar-refractivity contribution in [3.8, 4) is 11.5 Å². The molecule has 0 N–H and O–H groups in total. The van der Waals surface area contributed by atoms with Crippen molar-refractivity contribution in [2.24, 2.45) is 0 Å². The molecular weight excluding hydrogens is 378 g/mol. The Morgan fingerprint density at radius 3 is 1.55 bits per heavy atom. The number of nitrogens with zero attached hydrogens (tertiary/aromatic N) is 3. The van der Waals surface area contributed by atoms with Crippen LogP contribution in [0, 0.1) is 20.2 Å². The fraction of sp³-hybridized carbons (Fsp3) is 0.100. The molecule has 0 heterocycles. The molecule has 2 radical (unpaired) electrons. The molecular formula is C20H15N3O6. The normalized spacial score (nSPS) is 10.5. The molecule has 9 nitrogen and oxygen atoms in total. The molecule has 0 aliphatic rings. The van der Waals surface area contributed by atoms with Crippen LogP contribution >= 0.6 is 0 Å². The van der Waals surface area contributed by atoms with Crippen molar-refractivity contribution in [1.29, 1.82) is 0 Å². The average Bonchev–Trinajstić information content (AvgIpc) is 2.70. The van der Waals surface area contributed by atoms with Crippen LogP contribution in [-0.2, 0) is 23.3 Å². The largest absolute Gasteiger partial charge is 0.363 e. The van der Waals surface area contributed by atoms with Crippen LogP contribution in [0.25, 0.3) is 0 Å². The summed E-state index contributed by atoms with van der Waals surface area (Å²) in [6.07, 6.45) is 0. The molecule has 0 aromatic heterocycles. The van der Waals surface area contributed by atoms with Crippen LogP contribution in [0.5, 0.6) is 11.5 Å². The first-order chi connectivity index (χ1) is 13.8. The Hall–Kier alpha value is -4.14. The zero-order chi connectivity index (χ0) is 21.0. The lowest BCUT2D eigenvalue weighted by Crippen LogP contribution is -2.22. The van der Waals surface area contributed by atoms with Gasteiger partial charge in [0, 0.05) is 54.2 Å². The lowest BCUT2D eigenvalue weighted by atomic mass is 10.1. The molecule has 0 unspecified atom stereocenters. The first-order valence-corrected chi connectivity index (χ1v) is 8.54. The lowest BCUT2D eigenvalue weighted by Gasteiger charge is -2.25. The van der Waals surface area contributed by atoms with Crippen LogP contribution in [-0.4, -0.2) is 9.85 Å². The average molecular weight is 393 g/mol. The number of nitro benzene ring substituents is 2. The molecule has 0 spiro atoms. The van der Waals surface area contributed by atoms with Crippen LogP contribution in [0.1, 0.15) is 11.1 Å². The number of para-hydroxylation sites is 1. The van der Waals surface area contributed by atoms with Gasteiger partial charge in [0.1, 0.15) is 0 Å². The Labute approximate surface area is 165 Å². The van der Waals surface area contributed by atoms with Gasteiger partial charge in [-0.25, -0.2) is 0 Å². The third-order valence-corrected chi connectivity index (χ3v) is 4.35. The Morgan fingerprint density at radius 1 is 0.690 bits per heavy atom. The van der Waals surface area contributed by atoms with Gasteiger partial charge in [0.15, 0.2) is 11.5 Å². The van der Waals surface area contributed by atoms with Crippen molar-refractivity contribution in [1.82, 2.24) is 0 Å². The molecule has 0 aliphatic heterocycles. The second-order valence-corrected chi connectivity index (χ2v) is 6.29. The Bertz CT molecular complexity index is 990. The summed E-state index contributed by atoms with van der Waals surface area (Å²) in [7, 11) is 0. The third kappa shape index (κ3) is 4.59. The summed E-state index contributed by atoms with van der Waals surface area (Å²) in [5.41, 5.74) is 0.589. The molecule has 0 atom stereocenters. The summed E-state index contributed by atoms with van der Waals surface area (Å²) in [6.45, 7) is -0.0146. The van der Waals surface area contributed by atoms with Crippen LogP contribution < -0.4 is 4.90 Å². The number of anilines is 1. The van der Waals surface area contributed by atoms with Crippen LogP contribution in [0.2, 0.25) is 0 Å². The van der Waals surface area contributed by atoms with Gasteiger partial charge in [-0.15, -0.1) is 0 Å². The van der Waals surface area contributed by atoms with Crippen molar-refractivity contribution >= 4 is 17.1 Å². The van der Waals surface area contributed by atoms with Crippen LogP contribution in [0.4, 0.5) is 17.1 Å². The highest BCUT2D eigenvalue weighted by atomic mass is 16.6. The van der Waals surface area contributed by atoms with Gasteiger partial charge < -0.3 is 4.90 Å². The summed E-state index contributed by atoms with van der Waals surface area (Å²) in [5.74, 6) is -0.754. The van der Waals surface area contributed by atoms with E-state index in [0.29, 0.717) is 5.69 Å². The minimum atomic E-state index is -0.591. The van der Waals surface area contributed by atoms with E-state index in [9.17, 15) is 30.4 Å². The van der Waals surface area contributed by atoms with E-state index in [4.69, 9.17) is 0 Å². The minimum absolute atomic E-state index is 0.00728. The molecule has 3 aromatic carbocycles. The van der Waals surface area contributed by atoms with Gasteiger partial charge >= 0.3 is 0 Å². The van der Waals surface area contributed by atoms with E-state index in [-0.39, 0.29) is 47.1 Å². The van der Waals surface area contributed by atoms with Gasteiger partial charge in [0.2, 0.25) is 0 Å². The second-order valence-electron chi connectivity index (χ2n) is 6.29. The monoisotopic (exact) mass is 393 g/mol. The van der Waals surface area contributed by atoms with E-state index in [2.05, 4.69) is 0 Å². The molecule has 146 valence electrons. The van der Waals surface area contributed by atoms with Crippen molar-refractivity contribution in [3.05, 3.63) is 98.1 Å². The lowest BCUT2D eigenvalue weighted by molar-refractivity contribution is -0.385. The third-order valence-electron chi connectivity index (χ3n) is 4.35. The number of rotatable bonds is 7. The summed E-state index contributed by atoms with van der Waals surface area (Å²) >= 11 is 0. The van der Waals surface area contributed by atoms with Gasteiger partial charge in [-0.3, -0.25) is 30.4 Å². The minimum Gasteiger partial charge on any atom is -0.363 e. The fourth-order valence-corrected chi connectivity index (χ4v) is 2.89. The molecule has 0 saturated heterocycles. The quantitative estimate of drug-likeness (QED) is 0.412. The van der Waals surface area contributed by atoms with Crippen molar-refractivity contribution in [2.45, 2.75) is 13.1 Å². The molecule has 9 heteroatoms. The number of hydrogen-bond donors (Lipinski definition) is 0. The van der Waals surface area contributed by atoms with Crippen molar-refractivity contribution in [2.75, 3.05) is 4.90 Å². The Kier molecular flexibility index (Phi) is 5.59. The maximum atomic E-state index is 12.2. The standard InChI is InChI=1S/C20H15N3O6/c24-19-8-6-17(22(26)27)10-14(19)12-21(16-4-2-1-3-5-16)13-15-11-18(23(28)29)7-9-20(15)25/h1-11H,12-13H2. The Morgan fingerprint density at radius 2 is 1.14 bits per heavy atom. The van der Waals surface area contributed by atoms with Gasteiger partial charge in [0.25, 0.3) is 11.4 Å². The summed E-state index contributed by atoms with van der Waals surface area (Å²) in [5, 5.41) is 46.5. The molecule has 0 fully saturated rings. The van der Waals surface area contributed by atoms with E-state index in [1.807, 2.05) is 0 Å². The van der Waals surface area contributed by atoms with E-state index in [0.717, 1.165) is 24.3 Å². The summed E-state index contributed by atoms with van der Waals surface area (Å²) in [4.78, 5) is 22.6. The zero-order valence-electron chi connectivity index (χ0n) is 15.1. The van der Waals surface area contributed by atoms with Gasteiger partial charge in [-0.2, -0.15) is 0 Å². The van der Waals surface area contributed by atoms with E-state index in [1.165, 1.54) is 12.1 Å². The van der Waals surface area contributed by atoms with E-state index >= 15 is 0 Å². The van der Waals surface area contributed by atoms with E-state index in [1.54, 1.807) is 35.2 Å². The number of hydrogen-bond acceptors (Lipinski definition) is 5. The van der Waals surface area contributed by atoms with Gasteiger partial charge in [-0.1, -0.05) is 18.2 Å². The topological polar surface area (TPSA) is 129 Å². The SMILES string of the molecule is [O]c1ccc([N+](=O)[O-])cc1CN(Cc1cc([N+](=O)[O-])ccc1[O])c1ccccc1. The number of benzene rings is 3. The number of nitro groups is 2. The predicted molar refractivity (Wildman–Crippen MR) is 103 cm³/mol. The van der Waals surface area contributed by atoms with Crippen molar-refractivity contribution in [3.63, 3.8) is 0 Å². The van der Waals surface area contributed by atoms with Gasteiger partial charge in [-0.05, 0) is 24.3 Å². The molecule has 0 amide bonds. The smallest absolute Gasteiger partial charge is 0.270 e. The zero-order valence-corrected chi connectivity index (χ0v) is 15.1. The molecule has 0 saturated carbocycles. The molecule has 3 rings (SSSR count). The second kappa shape index (κ2) is 8.26. The highest BCUT2D eigenvalue weighted by molar-refractivity contribution is 5.52. The number of non-ortho nitro benzene ring substituents is 2. The van der Waals surface area contributed by atoms with Crippen molar-refractivity contribution < 1.29 is 20.1 Å². The highest BCUT2D eigenvalue weighted by Crippen LogP contribution is 2.30. The Balaban J connectivity index is 1.99.